The van der Waals surface area contributed by atoms with Crippen molar-refractivity contribution in [3.63, 3.8) is 0 Å². The molecule has 1 fully saturated rings. The van der Waals surface area contributed by atoms with E-state index < -0.39 is 0 Å². The topological polar surface area (TPSA) is 51.0 Å². The third-order valence-electron chi connectivity index (χ3n) is 5.37. The van der Waals surface area contributed by atoms with E-state index in [9.17, 15) is 4.79 Å². The summed E-state index contributed by atoms with van der Waals surface area (Å²) in [5, 5.41) is 9.65. The molecule has 29 heavy (non-hydrogen) atoms. The van der Waals surface area contributed by atoms with Gasteiger partial charge in [0.2, 0.25) is 5.91 Å². The van der Waals surface area contributed by atoms with Crippen LogP contribution in [-0.2, 0) is 4.79 Å². The zero-order valence-corrected chi connectivity index (χ0v) is 17.7. The molecule has 1 saturated heterocycles. The molecule has 6 heteroatoms. The summed E-state index contributed by atoms with van der Waals surface area (Å²) in [5.74, 6) is 1.35. The molecule has 0 radical (unpaired) electrons. The highest BCUT2D eigenvalue weighted by Crippen LogP contribution is 2.29. The third-order valence-corrected chi connectivity index (χ3v) is 6.29. The van der Waals surface area contributed by atoms with Crippen LogP contribution in [0.2, 0.25) is 0 Å². The van der Waals surface area contributed by atoms with Crippen molar-refractivity contribution < 1.29 is 4.79 Å². The summed E-state index contributed by atoms with van der Waals surface area (Å²) in [4.78, 5) is 14.8. The lowest BCUT2D eigenvalue weighted by molar-refractivity contribution is -0.131. The smallest absolute Gasteiger partial charge is 0.233 e. The zero-order chi connectivity index (χ0) is 20.2. The van der Waals surface area contributed by atoms with E-state index >= 15 is 0 Å². The van der Waals surface area contributed by atoms with E-state index in [1.54, 1.807) is 0 Å². The van der Waals surface area contributed by atoms with Crippen LogP contribution in [0.4, 0.5) is 0 Å². The summed E-state index contributed by atoms with van der Waals surface area (Å²) in [6.07, 6.45) is 3.40. The Balaban J connectivity index is 1.63. The van der Waals surface area contributed by atoms with Gasteiger partial charge in [-0.15, -0.1) is 10.2 Å². The average Bonchev–Trinajstić information content (AvgIpc) is 3.17. The summed E-state index contributed by atoms with van der Waals surface area (Å²) in [5.41, 5.74) is 3.18. The molecule has 0 aliphatic carbocycles. The maximum absolute atomic E-state index is 12.8. The number of carbonyl (C=O) groups is 1. The molecular weight excluding hydrogens is 380 g/mol. The predicted octanol–water partition coefficient (Wildman–Crippen LogP) is 4.74. The minimum absolute atomic E-state index is 0.183. The van der Waals surface area contributed by atoms with Crippen molar-refractivity contribution in [1.29, 1.82) is 0 Å². The van der Waals surface area contributed by atoms with Gasteiger partial charge in [-0.3, -0.25) is 9.36 Å². The number of piperidine rings is 1. The Kier molecular flexibility index (Phi) is 6.00. The van der Waals surface area contributed by atoms with Crippen molar-refractivity contribution in [3.05, 3.63) is 60.2 Å². The van der Waals surface area contributed by atoms with Crippen LogP contribution >= 0.6 is 11.8 Å². The fourth-order valence-electron chi connectivity index (χ4n) is 3.82. The van der Waals surface area contributed by atoms with Gasteiger partial charge in [-0.1, -0.05) is 54.2 Å². The number of likely N-dealkylation sites (tertiary alicyclic amines) is 1. The van der Waals surface area contributed by atoms with Crippen LogP contribution in [-0.4, -0.2) is 43.9 Å². The fourth-order valence-corrected chi connectivity index (χ4v) is 4.65. The number of aromatic nitrogens is 3. The largest absolute Gasteiger partial charge is 0.339 e. The number of aryl methyl sites for hydroxylation is 1. The molecule has 150 valence electrons. The summed E-state index contributed by atoms with van der Waals surface area (Å²) in [6, 6.07) is 18.7. The molecule has 0 bridgehead atoms. The molecule has 2 heterocycles. The lowest BCUT2D eigenvalue weighted by Gasteiger charge is -2.33. The van der Waals surface area contributed by atoms with Crippen molar-refractivity contribution in [2.45, 2.75) is 44.3 Å². The van der Waals surface area contributed by atoms with E-state index in [1.165, 1.54) is 23.7 Å². The number of amides is 1. The molecule has 1 atom stereocenters. The Morgan fingerprint density at radius 1 is 1.10 bits per heavy atom. The first-order valence-electron chi connectivity index (χ1n) is 10.1. The van der Waals surface area contributed by atoms with Crippen molar-refractivity contribution in [1.82, 2.24) is 19.7 Å². The Morgan fingerprint density at radius 2 is 1.93 bits per heavy atom. The molecule has 4 rings (SSSR count). The summed E-state index contributed by atoms with van der Waals surface area (Å²) in [6.45, 7) is 5.08. The number of benzene rings is 2. The van der Waals surface area contributed by atoms with Crippen LogP contribution in [0.25, 0.3) is 17.1 Å². The monoisotopic (exact) mass is 406 g/mol. The van der Waals surface area contributed by atoms with Crippen LogP contribution in [0.5, 0.6) is 0 Å². The Morgan fingerprint density at radius 3 is 2.69 bits per heavy atom. The van der Waals surface area contributed by atoms with Gasteiger partial charge in [0.05, 0.1) is 5.75 Å². The summed E-state index contributed by atoms with van der Waals surface area (Å²) in [7, 11) is 0. The van der Waals surface area contributed by atoms with Gasteiger partial charge in [-0.25, -0.2) is 0 Å². The zero-order valence-electron chi connectivity index (χ0n) is 16.9. The van der Waals surface area contributed by atoms with Crippen LogP contribution < -0.4 is 0 Å². The van der Waals surface area contributed by atoms with Crippen molar-refractivity contribution in [2.75, 3.05) is 12.3 Å². The van der Waals surface area contributed by atoms with Crippen molar-refractivity contribution in [2.24, 2.45) is 0 Å². The maximum Gasteiger partial charge on any atom is 0.233 e. The number of hydrogen-bond acceptors (Lipinski definition) is 4. The van der Waals surface area contributed by atoms with Crippen molar-refractivity contribution in [3.8, 4) is 17.1 Å². The predicted molar refractivity (Wildman–Crippen MR) is 117 cm³/mol. The number of carbonyl (C=O) groups excluding carboxylic acids is 1. The second-order valence-corrected chi connectivity index (χ2v) is 8.51. The van der Waals surface area contributed by atoms with Gasteiger partial charge in [0.25, 0.3) is 0 Å². The standard InChI is InChI=1S/C23H26N4OS/c1-17-9-8-13-20(15-17)27-22(19-11-4-3-5-12-19)24-25-23(27)29-16-21(28)26-14-7-6-10-18(26)2/h3-5,8-9,11-13,15,18H,6-7,10,14,16H2,1-2H3/t18-/m1/s1. The molecular formula is C23H26N4OS. The third kappa shape index (κ3) is 4.37. The van der Waals surface area contributed by atoms with Crippen molar-refractivity contribution >= 4 is 17.7 Å². The molecule has 0 saturated carbocycles. The van der Waals surface area contributed by atoms with E-state index in [4.69, 9.17) is 0 Å². The highest BCUT2D eigenvalue weighted by molar-refractivity contribution is 7.99. The molecule has 0 spiro atoms. The quantitative estimate of drug-likeness (QED) is 0.575. The second kappa shape index (κ2) is 8.82. The number of rotatable bonds is 5. The van der Waals surface area contributed by atoms with Gasteiger partial charge in [0.15, 0.2) is 11.0 Å². The van der Waals surface area contributed by atoms with Gasteiger partial charge in [-0.05, 0) is 50.8 Å². The summed E-state index contributed by atoms with van der Waals surface area (Å²) < 4.78 is 2.06. The Bertz CT molecular complexity index is 986. The highest BCUT2D eigenvalue weighted by Gasteiger charge is 2.24. The lowest BCUT2D eigenvalue weighted by Crippen LogP contribution is -2.42. The first kappa shape index (κ1) is 19.7. The number of nitrogens with zero attached hydrogens (tertiary/aromatic N) is 4. The van der Waals surface area contributed by atoms with Gasteiger partial charge in [-0.2, -0.15) is 0 Å². The average molecular weight is 407 g/mol. The first-order chi connectivity index (χ1) is 14.1. The summed E-state index contributed by atoms with van der Waals surface area (Å²) >= 11 is 1.47. The minimum atomic E-state index is 0.183. The Labute approximate surface area is 176 Å². The van der Waals surface area contributed by atoms with E-state index in [0.29, 0.717) is 11.8 Å². The molecule has 2 aromatic carbocycles. The molecule has 1 aromatic heterocycles. The van der Waals surface area contributed by atoms with Crippen LogP contribution in [0.1, 0.15) is 31.7 Å². The van der Waals surface area contributed by atoms with E-state index in [-0.39, 0.29) is 5.91 Å². The Hall–Kier alpha value is -2.60. The lowest BCUT2D eigenvalue weighted by atomic mass is 10.0. The molecule has 1 aliphatic heterocycles. The van der Waals surface area contributed by atoms with Gasteiger partial charge in [0.1, 0.15) is 0 Å². The van der Waals surface area contributed by atoms with Gasteiger partial charge >= 0.3 is 0 Å². The minimum Gasteiger partial charge on any atom is -0.339 e. The molecule has 3 aromatic rings. The molecule has 1 aliphatic rings. The van der Waals surface area contributed by atoms with Crippen LogP contribution in [0.3, 0.4) is 0 Å². The molecule has 0 N–H and O–H groups in total. The van der Waals surface area contributed by atoms with Gasteiger partial charge in [0, 0.05) is 23.8 Å². The maximum atomic E-state index is 12.8. The molecule has 0 unspecified atom stereocenters. The van der Waals surface area contributed by atoms with Gasteiger partial charge < -0.3 is 4.90 Å². The van der Waals surface area contributed by atoms with E-state index in [2.05, 4.69) is 46.8 Å². The first-order valence-corrected chi connectivity index (χ1v) is 11.1. The SMILES string of the molecule is Cc1cccc(-n2c(SCC(=O)N3CCCC[C@H]3C)nnc2-c2ccccc2)c1. The number of thioether (sulfide) groups is 1. The molecule has 1 amide bonds. The second-order valence-electron chi connectivity index (χ2n) is 7.57. The van der Waals surface area contributed by atoms with Crippen LogP contribution in [0, 0.1) is 6.92 Å². The fraction of sp³-hybridized carbons (Fsp3) is 0.348. The van der Waals surface area contributed by atoms with Crippen LogP contribution in [0.15, 0.2) is 59.8 Å². The normalized spacial score (nSPS) is 16.8. The molecule has 5 nitrogen and oxygen atoms in total. The highest BCUT2D eigenvalue weighted by atomic mass is 32.2. The van der Waals surface area contributed by atoms with E-state index in [1.807, 2.05) is 41.3 Å². The van der Waals surface area contributed by atoms with E-state index in [0.717, 1.165) is 41.6 Å². The number of hydrogen-bond donors (Lipinski definition) is 0.